The maximum absolute atomic E-state index is 11.4. The van der Waals surface area contributed by atoms with Gasteiger partial charge in [-0.15, -0.1) is 0 Å². The molecule has 11 nitrogen and oxygen atoms in total. The summed E-state index contributed by atoms with van der Waals surface area (Å²) in [6.07, 6.45) is 0.510. The molecule has 0 aromatic carbocycles. The molecule has 0 spiro atoms. The molecule has 22 heavy (non-hydrogen) atoms. The van der Waals surface area contributed by atoms with Crippen molar-refractivity contribution in [1.82, 2.24) is 10.0 Å². The summed E-state index contributed by atoms with van der Waals surface area (Å²) < 4.78 is 28.7. The number of carbonyl (C=O) groups is 2. The molecular weight excluding hydrogens is 337 g/mol. The Bertz CT molecular complexity index is 507. The molecule has 0 saturated heterocycles. The predicted octanol–water partition coefficient (Wildman–Crippen LogP) is -3.05. The molecule has 0 heterocycles. The number of rotatable bonds is 11. The Morgan fingerprint density at radius 1 is 1.36 bits per heavy atom. The van der Waals surface area contributed by atoms with E-state index in [-0.39, 0.29) is 19.2 Å². The van der Waals surface area contributed by atoms with Crippen molar-refractivity contribution in [3.63, 3.8) is 0 Å². The molecule has 13 heteroatoms. The Labute approximate surface area is 129 Å². The van der Waals surface area contributed by atoms with Gasteiger partial charge in [0.25, 0.3) is 0 Å². The maximum Gasteiger partial charge on any atom is 0.323 e. The number of aliphatic carboxylic acids is 1. The Balaban J connectivity index is 3.96. The van der Waals surface area contributed by atoms with E-state index in [4.69, 9.17) is 21.3 Å². The molecule has 0 aromatic heterocycles. The Hall–Kier alpha value is -1.49. The lowest BCUT2D eigenvalue weighted by molar-refractivity contribution is -0.139. The highest BCUT2D eigenvalue weighted by atomic mass is 32.7. The van der Waals surface area contributed by atoms with Gasteiger partial charge in [0, 0.05) is 28.1 Å². The van der Waals surface area contributed by atoms with Crippen LogP contribution in [0.25, 0.3) is 0 Å². The normalized spacial score (nSPS) is 12.4. The summed E-state index contributed by atoms with van der Waals surface area (Å²) >= 11 is 0. The van der Waals surface area contributed by atoms with Gasteiger partial charge in [-0.05, 0) is 6.42 Å². The number of nitrogens with one attached hydrogen (secondary N) is 2. The average molecular weight is 357 g/mol. The Kier molecular flexibility index (Phi) is 9.58. The summed E-state index contributed by atoms with van der Waals surface area (Å²) in [5, 5.41) is 11.1. The number of hydrogen-bond donors (Lipinski definition) is 5. The second kappa shape index (κ2) is 10.3. The molecule has 0 aliphatic rings. The van der Waals surface area contributed by atoms with E-state index in [0.29, 0.717) is 13.0 Å². The molecule has 0 aliphatic heterocycles. The van der Waals surface area contributed by atoms with Crippen molar-refractivity contribution >= 4 is 35.9 Å². The topological polar surface area (TPSA) is 186 Å². The molecule has 2 atom stereocenters. The second-order valence-corrected chi connectivity index (χ2v) is 7.26. The number of carboxylic acid groups (broad SMARTS) is 1. The highest BCUT2D eigenvalue weighted by Gasteiger charge is 2.21. The highest BCUT2D eigenvalue weighted by Crippen LogP contribution is 1.97. The van der Waals surface area contributed by atoms with Crippen LogP contribution in [0.5, 0.6) is 0 Å². The fourth-order valence-electron chi connectivity index (χ4n) is 1.18. The minimum atomic E-state index is -3.78. The first-order chi connectivity index (χ1) is 10.1. The second-order valence-electron chi connectivity index (χ2n) is 4.07. The molecule has 2 unspecified atom stereocenters. The van der Waals surface area contributed by atoms with E-state index in [2.05, 4.69) is 10.3 Å². The van der Waals surface area contributed by atoms with Gasteiger partial charge in [0.1, 0.15) is 12.6 Å². The van der Waals surface area contributed by atoms with Crippen LogP contribution in [0.15, 0.2) is 4.99 Å². The van der Waals surface area contributed by atoms with E-state index in [9.17, 15) is 18.0 Å². The van der Waals surface area contributed by atoms with Gasteiger partial charge in [0.05, 0.1) is 0 Å². The molecule has 0 aromatic rings. The summed E-state index contributed by atoms with van der Waals surface area (Å²) in [7, 11) is -2.32. The van der Waals surface area contributed by atoms with Crippen LogP contribution in [0.4, 0.5) is 0 Å². The van der Waals surface area contributed by atoms with E-state index in [0.717, 1.165) is 0 Å². The van der Waals surface area contributed by atoms with Crippen molar-refractivity contribution in [3.05, 3.63) is 0 Å². The van der Waals surface area contributed by atoms with Gasteiger partial charge >= 0.3 is 5.97 Å². The lowest BCUT2D eigenvalue weighted by Crippen LogP contribution is -2.47. The Morgan fingerprint density at radius 3 is 2.50 bits per heavy atom. The molecule has 0 aliphatic carbocycles. The zero-order valence-corrected chi connectivity index (χ0v) is 13.7. The third-order valence-electron chi connectivity index (χ3n) is 2.08. The first-order valence-corrected chi connectivity index (χ1v) is 9.00. The fraction of sp³-hybridized carbons (Fsp3) is 0.667. The summed E-state index contributed by atoms with van der Waals surface area (Å²) in [5.41, 5.74) is 10.2. The van der Waals surface area contributed by atoms with Gasteiger partial charge in [-0.1, -0.05) is 0 Å². The highest BCUT2D eigenvalue weighted by molar-refractivity contribution is 8.36. The van der Waals surface area contributed by atoms with Crippen LogP contribution in [-0.2, 0) is 24.0 Å². The molecule has 7 N–H and O–H groups in total. The molecule has 0 rings (SSSR count). The lowest BCUT2D eigenvalue weighted by atomic mass is 10.3. The van der Waals surface area contributed by atoms with Gasteiger partial charge < -0.3 is 26.6 Å². The predicted molar refractivity (Wildman–Crippen MR) is 82.3 cm³/mol. The quantitative estimate of drug-likeness (QED) is 0.112. The smallest absolute Gasteiger partial charge is 0.323 e. The minimum Gasteiger partial charge on any atom is -0.480 e. The standard InChI is InChI=1S/C9H20N5O6PS/c10-9(11)12-2-1-3-20-5-7(15)13-4-6(8(16)17)14-22(18,19)21/h6,14H,1-5,21H2,(H,13,15)(H,16,17)(H4,10,11,12). The summed E-state index contributed by atoms with van der Waals surface area (Å²) in [6.45, 7) is -0.0906. The Morgan fingerprint density at radius 2 is 2.00 bits per heavy atom. The number of carboxylic acids is 1. The molecule has 0 bridgehead atoms. The monoisotopic (exact) mass is 357 g/mol. The van der Waals surface area contributed by atoms with Crippen LogP contribution >= 0.6 is 8.44 Å². The maximum atomic E-state index is 11.4. The number of ether oxygens (including phenoxy) is 1. The van der Waals surface area contributed by atoms with Crippen molar-refractivity contribution in [3.8, 4) is 0 Å². The first-order valence-electron chi connectivity index (χ1n) is 6.04. The van der Waals surface area contributed by atoms with Gasteiger partial charge in [0.15, 0.2) is 5.96 Å². The van der Waals surface area contributed by atoms with E-state index >= 15 is 0 Å². The molecule has 128 valence electrons. The number of nitrogens with zero attached hydrogens (tertiary/aromatic N) is 1. The molecule has 0 fully saturated rings. The van der Waals surface area contributed by atoms with Gasteiger partial charge in [-0.2, -0.15) is 4.72 Å². The van der Waals surface area contributed by atoms with Crippen LogP contribution in [0.1, 0.15) is 6.42 Å². The van der Waals surface area contributed by atoms with Crippen LogP contribution in [0.2, 0.25) is 0 Å². The fourth-order valence-corrected chi connectivity index (χ4v) is 2.26. The number of hydrogen-bond acceptors (Lipinski definition) is 6. The molecular formula is C9H20N5O6PS. The lowest BCUT2D eigenvalue weighted by Gasteiger charge is -2.13. The van der Waals surface area contributed by atoms with E-state index < -0.39 is 34.1 Å². The van der Waals surface area contributed by atoms with Crippen molar-refractivity contribution in [1.29, 1.82) is 0 Å². The van der Waals surface area contributed by atoms with Gasteiger partial charge in [-0.3, -0.25) is 14.6 Å². The minimum absolute atomic E-state index is 0.0333. The first kappa shape index (κ1) is 20.5. The average Bonchev–Trinajstić information content (AvgIpc) is 2.36. The third kappa shape index (κ3) is 12.3. The molecule has 1 amide bonds. The van der Waals surface area contributed by atoms with E-state index in [1.54, 1.807) is 0 Å². The third-order valence-corrected chi connectivity index (χ3v) is 3.10. The summed E-state index contributed by atoms with van der Waals surface area (Å²) in [4.78, 5) is 25.9. The van der Waals surface area contributed by atoms with Crippen molar-refractivity contribution in [2.24, 2.45) is 16.5 Å². The van der Waals surface area contributed by atoms with Crippen molar-refractivity contribution < 1.29 is 27.9 Å². The summed E-state index contributed by atoms with van der Waals surface area (Å²) in [6, 6.07) is -1.46. The molecule has 0 saturated carbocycles. The molecule has 0 radical (unpaired) electrons. The van der Waals surface area contributed by atoms with E-state index in [1.807, 2.05) is 4.72 Å². The number of guanidine groups is 1. The van der Waals surface area contributed by atoms with Crippen molar-refractivity contribution in [2.75, 3.05) is 26.3 Å². The number of carbonyl (C=O) groups excluding carboxylic acids is 1. The van der Waals surface area contributed by atoms with Gasteiger partial charge in [-0.25, -0.2) is 8.42 Å². The van der Waals surface area contributed by atoms with Gasteiger partial charge in [0.2, 0.25) is 15.6 Å². The SMILES string of the molecule is NC(N)=NCCCOCC(=O)NCC(NS(=O)(=O)P)C(=O)O. The van der Waals surface area contributed by atoms with Crippen molar-refractivity contribution in [2.45, 2.75) is 12.5 Å². The van der Waals surface area contributed by atoms with Crippen LogP contribution in [0, 0.1) is 0 Å². The number of nitrogens with two attached hydrogens (primary N) is 2. The zero-order chi connectivity index (χ0) is 17.2. The zero-order valence-electron chi connectivity index (χ0n) is 11.7. The van der Waals surface area contributed by atoms with Crippen LogP contribution < -0.4 is 21.5 Å². The van der Waals surface area contributed by atoms with E-state index in [1.165, 1.54) is 8.44 Å². The number of aliphatic imine (C=N–C) groups is 1. The van der Waals surface area contributed by atoms with Crippen LogP contribution in [0.3, 0.4) is 0 Å². The number of amides is 1. The summed E-state index contributed by atoms with van der Waals surface area (Å²) in [5.74, 6) is -2.02. The van der Waals surface area contributed by atoms with Crippen LogP contribution in [-0.4, -0.2) is 63.7 Å². The largest absolute Gasteiger partial charge is 0.480 e.